The SMILES string of the molecule is O=c1oc2cc3occc3cc2cc1CCl. The van der Waals surface area contributed by atoms with Gasteiger partial charge < -0.3 is 8.83 Å². The van der Waals surface area contributed by atoms with Crippen molar-refractivity contribution in [1.82, 2.24) is 0 Å². The molecule has 3 rings (SSSR count). The molecule has 4 heteroatoms. The van der Waals surface area contributed by atoms with Crippen LogP contribution in [0, 0.1) is 0 Å². The molecule has 3 nitrogen and oxygen atoms in total. The van der Waals surface area contributed by atoms with Crippen LogP contribution in [-0.2, 0) is 5.88 Å². The molecule has 0 amide bonds. The zero-order valence-corrected chi connectivity index (χ0v) is 8.95. The molecule has 0 aliphatic rings. The Morgan fingerprint density at radius 3 is 2.81 bits per heavy atom. The van der Waals surface area contributed by atoms with Gasteiger partial charge in [-0.1, -0.05) is 0 Å². The van der Waals surface area contributed by atoms with Crippen LogP contribution in [0.3, 0.4) is 0 Å². The summed E-state index contributed by atoms with van der Waals surface area (Å²) in [6, 6.07) is 7.23. The summed E-state index contributed by atoms with van der Waals surface area (Å²) < 4.78 is 10.4. The van der Waals surface area contributed by atoms with Crippen LogP contribution in [0.15, 0.2) is 44.2 Å². The van der Waals surface area contributed by atoms with Crippen LogP contribution in [0.25, 0.3) is 21.9 Å². The van der Waals surface area contributed by atoms with Crippen LogP contribution in [-0.4, -0.2) is 0 Å². The fourth-order valence-corrected chi connectivity index (χ4v) is 1.90. The highest BCUT2D eigenvalue weighted by Gasteiger charge is 2.06. The molecule has 80 valence electrons. The van der Waals surface area contributed by atoms with Gasteiger partial charge in [-0.2, -0.15) is 0 Å². The Labute approximate surface area is 95.2 Å². The number of furan rings is 1. The van der Waals surface area contributed by atoms with Gasteiger partial charge in [0.1, 0.15) is 11.2 Å². The second kappa shape index (κ2) is 3.39. The van der Waals surface area contributed by atoms with Crippen LogP contribution in [0.5, 0.6) is 0 Å². The van der Waals surface area contributed by atoms with E-state index in [9.17, 15) is 4.79 Å². The second-order valence-corrected chi connectivity index (χ2v) is 3.81. The van der Waals surface area contributed by atoms with E-state index in [0.29, 0.717) is 16.7 Å². The lowest BCUT2D eigenvalue weighted by molar-refractivity contribution is 0.552. The van der Waals surface area contributed by atoms with Crippen molar-refractivity contribution in [2.24, 2.45) is 0 Å². The lowest BCUT2D eigenvalue weighted by atomic mass is 10.1. The third-order valence-electron chi connectivity index (χ3n) is 2.52. The molecular weight excluding hydrogens is 228 g/mol. The molecule has 0 fully saturated rings. The summed E-state index contributed by atoms with van der Waals surface area (Å²) in [6.45, 7) is 0. The largest absolute Gasteiger partial charge is 0.464 e. The van der Waals surface area contributed by atoms with Gasteiger partial charge in [-0.3, -0.25) is 0 Å². The molecule has 0 aliphatic carbocycles. The van der Waals surface area contributed by atoms with Crippen LogP contribution < -0.4 is 5.63 Å². The molecule has 2 heterocycles. The van der Waals surface area contributed by atoms with E-state index in [4.69, 9.17) is 20.4 Å². The molecule has 0 bridgehead atoms. The van der Waals surface area contributed by atoms with Crippen molar-refractivity contribution < 1.29 is 8.83 Å². The minimum Gasteiger partial charge on any atom is -0.464 e. The summed E-state index contributed by atoms with van der Waals surface area (Å²) in [5.41, 5.74) is 1.29. The molecule has 0 saturated heterocycles. The van der Waals surface area contributed by atoms with Crippen molar-refractivity contribution in [3.63, 3.8) is 0 Å². The van der Waals surface area contributed by atoms with Gasteiger partial charge in [0.2, 0.25) is 0 Å². The third-order valence-corrected chi connectivity index (χ3v) is 2.81. The Kier molecular flexibility index (Phi) is 2.01. The molecular formula is C12H7ClO3. The fourth-order valence-electron chi connectivity index (χ4n) is 1.71. The van der Waals surface area contributed by atoms with E-state index in [0.717, 1.165) is 10.8 Å². The first kappa shape index (κ1) is 9.48. The minimum atomic E-state index is -0.395. The summed E-state index contributed by atoms with van der Waals surface area (Å²) in [7, 11) is 0. The van der Waals surface area contributed by atoms with E-state index in [1.807, 2.05) is 12.1 Å². The summed E-state index contributed by atoms with van der Waals surface area (Å²) >= 11 is 5.65. The fraction of sp³-hybridized carbons (Fsp3) is 0.0833. The van der Waals surface area contributed by atoms with Gasteiger partial charge in [-0.05, 0) is 18.2 Å². The molecule has 16 heavy (non-hydrogen) atoms. The van der Waals surface area contributed by atoms with Crippen molar-refractivity contribution in [3.05, 3.63) is 46.5 Å². The van der Waals surface area contributed by atoms with Crippen LogP contribution in [0.4, 0.5) is 0 Å². The number of hydrogen-bond acceptors (Lipinski definition) is 3. The zero-order valence-electron chi connectivity index (χ0n) is 8.20. The predicted octanol–water partition coefficient (Wildman–Crippen LogP) is 3.28. The van der Waals surface area contributed by atoms with Gasteiger partial charge >= 0.3 is 5.63 Å². The van der Waals surface area contributed by atoms with Crippen LogP contribution >= 0.6 is 11.6 Å². The molecule has 0 unspecified atom stereocenters. The monoisotopic (exact) mass is 234 g/mol. The van der Waals surface area contributed by atoms with Gasteiger partial charge in [-0.15, -0.1) is 11.6 Å². The van der Waals surface area contributed by atoms with E-state index in [-0.39, 0.29) is 5.88 Å². The first-order valence-corrected chi connectivity index (χ1v) is 5.31. The highest BCUT2D eigenvalue weighted by atomic mass is 35.5. The topological polar surface area (TPSA) is 43.4 Å². The molecule has 2 aromatic heterocycles. The Hall–Kier alpha value is -1.74. The van der Waals surface area contributed by atoms with Crippen molar-refractivity contribution in [1.29, 1.82) is 0 Å². The standard InChI is InChI=1S/C12H7ClO3/c13-6-9-4-8-3-7-1-2-15-10(7)5-11(8)16-12(9)14/h1-5H,6H2. The van der Waals surface area contributed by atoms with E-state index in [2.05, 4.69) is 0 Å². The van der Waals surface area contributed by atoms with Gasteiger partial charge in [-0.25, -0.2) is 4.79 Å². The van der Waals surface area contributed by atoms with Gasteiger partial charge in [0, 0.05) is 16.8 Å². The Morgan fingerprint density at radius 1 is 1.12 bits per heavy atom. The molecule has 0 saturated carbocycles. The van der Waals surface area contributed by atoms with Gasteiger partial charge in [0.25, 0.3) is 0 Å². The molecule has 0 N–H and O–H groups in total. The lowest BCUT2D eigenvalue weighted by Gasteiger charge is -1.98. The molecule has 1 aromatic carbocycles. The first-order chi connectivity index (χ1) is 7.78. The zero-order chi connectivity index (χ0) is 11.1. The molecule has 0 spiro atoms. The van der Waals surface area contributed by atoms with Crippen LogP contribution in [0.2, 0.25) is 0 Å². The average Bonchev–Trinajstić information content (AvgIpc) is 2.72. The Morgan fingerprint density at radius 2 is 2.00 bits per heavy atom. The number of rotatable bonds is 1. The number of alkyl halides is 1. The summed E-state index contributed by atoms with van der Waals surface area (Å²) in [4.78, 5) is 11.5. The summed E-state index contributed by atoms with van der Waals surface area (Å²) in [5.74, 6) is 0.154. The van der Waals surface area contributed by atoms with E-state index < -0.39 is 5.63 Å². The maximum absolute atomic E-state index is 11.5. The van der Waals surface area contributed by atoms with E-state index in [1.54, 1.807) is 18.4 Å². The molecule has 0 atom stereocenters. The van der Waals surface area contributed by atoms with Gasteiger partial charge in [0.15, 0.2) is 0 Å². The van der Waals surface area contributed by atoms with Crippen molar-refractivity contribution >= 4 is 33.5 Å². The number of halogens is 1. The third kappa shape index (κ3) is 1.32. The predicted molar refractivity (Wildman–Crippen MR) is 61.8 cm³/mol. The van der Waals surface area contributed by atoms with Gasteiger partial charge in [0.05, 0.1) is 17.7 Å². The quantitative estimate of drug-likeness (QED) is 0.479. The van der Waals surface area contributed by atoms with Crippen molar-refractivity contribution in [2.75, 3.05) is 0 Å². The summed E-state index contributed by atoms with van der Waals surface area (Å²) in [6.07, 6.45) is 1.60. The molecule has 0 aliphatic heterocycles. The smallest absolute Gasteiger partial charge is 0.340 e. The summed E-state index contributed by atoms with van der Waals surface area (Å²) in [5, 5.41) is 1.83. The Balaban J connectivity index is 2.45. The minimum absolute atomic E-state index is 0.154. The highest BCUT2D eigenvalue weighted by Crippen LogP contribution is 2.23. The average molecular weight is 235 g/mol. The number of fused-ring (bicyclic) bond motifs is 2. The number of hydrogen-bond donors (Lipinski definition) is 0. The first-order valence-electron chi connectivity index (χ1n) is 4.78. The van der Waals surface area contributed by atoms with Crippen molar-refractivity contribution in [2.45, 2.75) is 5.88 Å². The van der Waals surface area contributed by atoms with E-state index in [1.165, 1.54) is 0 Å². The maximum atomic E-state index is 11.5. The molecule has 3 aromatic rings. The number of benzene rings is 1. The molecule has 0 radical (unpaired) electrons. The highest BCUT2D eigenvalue weighted by molar-refractivity contribution is 6.17. The maximum Gasteiger partial charge on any atom is 0.340 e. The normalized spacial score (nSPS) is 11.3. The van der Waals surface area contributed by atoms with E-state index >= 15 is 0 Å². The van der Waals surface area contributed by atoms with Crippen molar-refractivity contribution in [3.8, 4) is 0 Å². The van der Waals surface area contributed by atoms with Crippen LogP contribution in [0.1, 0.15) is 5.56 Å². The second-order valence-electron chi connectivity index (χ2n) is 3.54. The lowest BCUT2D eigenvalue weighted by Crippen LogP contribution is -2.04. The Bertz CT molecular complexity index is 724.